The Labute approximate surface area is 647 Å². The quantitative estimate of drug-likeness (QED) is 0.0366. The average Bonchev–Trinajstić information content (AvgIpc) is 0.786. The van der Waals surface area contributed by atoms with Crippen molar-refractivity contribution in [2.24, 2.45) is 0 Å². The van der Waals surface area contributed by atoms with E-state index in [1.54, 1.807) is 14.2 Å². The van der Waals surface area contributed by atoms with Gasteiger partial charge in [-0.25, -0.2) is 0 Å². The van der Waals surface area contributed by atoms with Crippen molar-refractivity contribution in [2.75, 3.05) is 47.1 Å². The van der Waals surface area contributed by atoms with E-state index in [1.807, 2.05) is 109 Å². The molecule has 0 spiro atoms. The zero-order valence-electron chi connectivity index (χ0n) is 66.8. The van der Waals surface area contributed by atoms with Crippen LogP contribution in [0.2, 0.25) is 0 Å². The lowest BCUT2D eigenvalue weighted by Crippen LogP contribution is -2.62. The molecule has 13 heteroatoms. The molecule has 7 rings (SSSR count). The molecule has 107 heavy (non-hydrogen) atoms. The first-order valence-electron chi connectivity index (χ1n) is 42.2. The van der Waals surface area contributed by atoms with Crippen LogP contribution in [-0.4, -0.2) is 107 Å². The Morgan fingerprint density at radius 1 is 0.383 bits per heavy atom. The molecule has 0 aliphatic carbocycles. The zero-order chi connectivity index (χ0) is 75.1. The number of hydrogen-bond donors (Lipinski definition) is 1. The maximum atomic E-state index is 15.1. The number of nitrogens with one attached hydrogen (secondary N) is 1. The molecule has 8 atom stereocenters. The van der Waals surface area contributed by atoms with E-state index in [1.165, 1.54) is 180 Å². The van der Waals surface area contributed by atoms with Gasteiger partial charge < -0.3 is 57.6 Å². The van der Waals surface area contributed by atoms with Crippen molar-refractivity contribution in [1.29, 1.82) is 0 Å². The second-order valence-corrected chi connectivity index (χ2v) is 29.9. The van der Waals surface area contributed by atoms with Crippen molar-refractivity contribution in [1.82, 2.24) is 10.2 Å². The third kappa shape index (κ3) is 37.5. The molecule has 1 saturated heterocycles. The fraction of sp³-hybridized carbons (Fsp3) is 0.606. The minimum absolute atomic E-state index is 0.0103. The van der Waals surface area contributed by atoms with Crippen LogP contribution in [0.1, 0.15) is 266 Å². The van der Waals surface area contributed by atoms with Gasteiger partial charge in [-0.2, -0.15) is 0 Å². The Morgan fingerprint density at radius 2 is 0.748 bits per heavy atom. The molecule has 0 radical (unpaired) electrons. The van der Waals surface area contributed by atoms with Gasteiger partial charge in [0.15, 0.2) is 6.29 Å². The Bertz CT molecular complexity index is 3040. The smallest absolute Gasteiger partial charge is 0.220 e. The Morgan fingerprint density at radius 3 is 1.18 bits per heavy atom. The van der Waals surface area contributed by atoms with Crippen LogP contribution in [0.3, 0.4) is 0 Å². The fourth-order valence-electron chi connectivity index (χ4n) is 14.5. The second-order valence-electron chi connectivity index (χ2n) is 29.9. The lowest BCUT2D eigenvalue weighted by molar-refractivity contribution is -0.330. The van der Waals surface area contributed by atoms with Crippen LogP contribution >= 0.6 is 0 Å². The molecule has 0 bridgehead atoms. The largest absolute Gasteiger partial charge is 0.497 e. The maximum absolute atomic E-state index is 15.1. The predicted molar refractivity (Wildman–Crippen MR) is 437 cm³/mol. The molecule has 6 aromatic rings. The van der Waals surface area contributed by atoms with Crippen molar-refractivity contribution in [3.05, 3.63) is 203 Å². The second kappa shape index (κ2) is 57.1. The van der Waals surface area contributed by atoms with E-state index in [4.69, 9.17) is 47.4 Å². The number of rotatable bonds is 64. The van der Waals surface area contributed by atoms with E-state index in [0.717, 1.165) is 83.4 Å². The number of amides is 1. The SMILES string of the molecule is CCCCCCCCCCCCCC[C@@H](OCc1ccc(OC)cc1)[C@@H](OCc1ccc(OC)cc1)[C@H](CO[C@H]1O[C@H](COCc2ccccc2)[C@H](OCc2ccccc2)[C@H](OCc2ccccc2)[C@H]1OCc1ccccc1)NC(=O)CCCCCCCCCN(CCCCCCCC)CCCCCCCC. The molecule has 0 unspecified atom stereocenters. The number of hydrogen-bond acceptors (Lipinski definition) is 12. The van der Waals surface area contributed by atoms with Gasteiger partial charge in [-0.05, 0) is 109 Å². The number of unbranched alkanes of at least 4 members (excludes halogenated alkanes) is 27. The number of carbonyl (C=O) groups excluding carboxylic acids is 1. The highest BCUT2D eigenvalue weighted by atomic mass is 16.7. The highest BCUT2D eigenvalue weighted by Gasteiger charge is 2.50. The highest BCUT2D eigenvalue weighted by molar-refractivity contribution is 5.76. The minimum Gasteiger partial charge on any atom is -0.497 e. The van der Waals surface area contributed by atoms with E-state index < -0.39 is 49.0 Å². The normalized spacial score (nSPS) is 16.7. The van der Waals surface area contributed by atoms with Gasteiger partial charge >= 0.3 is 0 Å². The van der Waals surface area contributed by atoms with E-state index in [-0.39, 0.29) is 38.9 Å². The topological polar surface area (TPSA) is 125 Å². The van der Waals surface area contributed by atoms with Crippen molar-refractivity contribution in [3.63, 3.8) is 0 Å². The molecule has 0 aromatic heterocycles. The summed E-state index contributed by atoms with van der Waals surface area (Å²) in [5, 5.41) is 3.59. The van der Waals surface area contributed by atoms with Gasteiger partial charge in [-0.1, -0.05) is 340 Å². The monoisotopic (exact) mass is 1470 g/mol. The van der Waals surface area contributed by atoms with Crippen molar-refractivity contribution in [3.8, 4) is 11.5 Å². The molecular weight excluding hydrogens is 1330 g/mol. The molecule has 1 fully saturated rings. The number of nitrogens with zero attached hydrogens (tertiary/aromatic N) is 1. The summed E-state index contributed by atoms with van der Waals surface area (Å²) in [6, 6.07) is 56.1. The first kappa shape index (κ1) is 88.2. The number of methoxy groups -OCH3 is 2. The zero-order valence-corrected chi connectivity index (χ0v) is 66.8. The summed E-state index contributed by atoms with van der Waals surface area (Å²) in [4.78, 5) is 17.9. The lowest BCUT2D eigenvalue weighted by Gasteiger charge is -2.46. The molecule has 1 aliphatic heterocycles. The molecule has 0 saturated carbocycles. The van der Waals surface area contributed by atoms with Gasteiger partial charge in [-0.15, -0.1) is 0 Å². The first-order chi connectivity index (χ1) is 52.9. The van der Waals surface area contributed by atoms with E-state index in [0.29, 0.717) is 32.7 Å². The third-order valence-electron chi connectivity index (χ3n) is 21.0. The first-order valence-corrected chi connectivity index (χ1v) is 42.2. The summed E-state index contributed by atoms with van der Waals surface area (Å²) in [5.41, 5.74) is 5.99. The van der Waals surface area contributed by atoms with Gasteiger partial charge in [0.1, 0.15) is 42.0 Å². The maximum Gasteiger partial charge on any atom is 0.220 e. The summed E-state index contributed by atoms with van der Waals surface area (Å²) >= 11 is 0. The molecule has 592 valence electrons. The van der Waals surface area contributed by atoms with Crippen molar-refractivity contribution < 1.29 is 52.2 Å². The van der Waals surface area contributed by atoms with Gasteiger partial charge in [0.05, 0.1) is 79.2 Å². The molecular formula is C94H140N2O11. The Hall–Kier alpha value is -5.97. The van der Waals surface area contributed by atoms with Gasteiger partial charge in [-0.3, -0.25) is 4.79 Å². The van der Waals surface area contributed by atoms with Crippen molar-refractivity contribution in [2.45, 2.75) is 321 Å². The van der Waals surface area contributed by atoms with Gasteiger partial charge in [0.25, 0.3) is 0 Å². The van der Waals surface area contributed by atoms with Gasteiger partial charge in [0.2, 0.25) is 5.91 Å². The van der Waals surface area contributed by atoms with Crippen LogP contribution in [-0.2, 0) is 82.3 Å². The Balaban J connectivity index is 1.17. The minimum atomic E-state index is -1.04. The number of carbonyl (C=O) groups is 1. The standard InChI is InChI=1S/C94H140N2O11/c1-6-9-12-15-18-19-20-21-22-24-27-44-57-87(101-71-82-59-63-84(98-4)64-60-82)90(102-75-83-61-65-85(99-5)66-62-83)86(95-89(97)58-45-28-25-23-26-31-48-69-96(67-46-29-16-13-10-7-2)68-47-30-17-14-11-8-3)76-106-94-93(105-74-81-55-42-35-43-56-81)92(104-73-80-53-40-34-41-54-80)91(103-72-79-51-38-33-39-52-79)88(107-94)77-100-70-78-49-36-32-37-50-78/h32-43,49-56,59-66,86-88,90-94H,6-31,44-48,57-58,67-77H2,1-5H3,(H,95,97)/t86-,87+,88+,90-,91-,92-,93+,94-/m0/s1. The molecule has 1 heterocycles. The van der Waals surface area contributed by atoms with Crippen LogP contribution in [0.4, 0.5) is 0 Å². The summed E-state index contributed by atoms with van der Waals surface area (Å²) in [5.74, 6) is 1.48. The van der Waals surface area contributed by atoms with Crippen LogP contribution in [0.5, 0.6) is 11.5 Å². The summed E-state index contributed by atoms with van der Waals surface area (Å²) in [6.07, 6.45) is 34.6. The van der Waals surface area contributed by atoms with Gasteiger partial charge in [0, 0.05) is 6.42 Å². The van der Waals surface area contributed by atoms with E-state index in [2.05, 4.69) is 91.7 Å². The highest BCUT2D eigenvalue weighted by Crippen LogP contribution is 2.33. The number of ether oxygens (including phenoxy) is 10. The molecule has 6 aromatic carbocycles. The van der Waals surface area contributed by atoms with Crippen LogP contribution in [0.25, 0.3) is 0 Å². The third-order valence-corrected chi connectivity index (χ3v) is 21.0. The molecule has 1 amide bonds. The molecule has 1 aliphatic rings. The van der Waals surface area contributed by atoms with Crippen molar-refractivity contribution >= 4 is 5.91 Å². The molecule has 1 N–H and O–H groups in total. The van der Waals surface area contributed by atoms with Crippen LogP contribution in [0.15, 0.2) is 170 Å². The average molecular weight is 1470 g/mol. The molecule has 13 nitrogen and oxygen atoms in total. The van der Waals surface area contributed by atoms with Crippen LogP contribution < -0.4 is 14.8 Å². The number of benzene rings is 6. The lowest BCUT2D eigenvalue weighted by atomic mass is 9.97. The Kier molecular flexibility index (Phi) is 47.1. The fourth-order valence-corrected chi connectivity index (χ4v) is 14.5. The van der Waals surface area contributed by atoms with E-state index in [9.17, 15) is 0 Å². The predicted octanol–water partition coefficient (Wildman–Crippen LogP) is 22.6. The summed E-state index contributed by atoms with van der Waals surface area (Å²) < 4.78 is 68.7. The summed E-state index contributed by atoms with van der Waals surface area (Å²) in [7, 11) is 3.37. The van der Waals surface area contributed by atoms with E-state index >= 15 is 4.79 Å². The summed E-state index contributed by atoms with van der Waals surface area (Å²) in [6.45, 7) is 12.5. The van der Waals surface area contributed by atoms with Crippen LogP contribution in [0, 0.1) is 0 Å².